The molecule has 14 heteroatoms. The summed E-state index contributed by atoms with van der Waals surface area (Å²) in [5.41, 5.74) is -0.839. The van der Waals surface area contributed by atoms with Crippen LogP contribution in [0.25, 0.3) is 0 Å². The van der Waals surface area contributed by atoms with Crippen LogP contribution in [0.1, 0.15) is 32.1 Å². The zero-order valence-electron chi connectivity index (χ0n) is 23.2. The van der Waals surface area contributed by atoms with Crippen LogP contribution in [-0.2, 0) is 19.2 Å². The van der Waals surface area contributed by atoms with Crippen LogP contribution < -0.4 is 9.80 Å². The first-order chi connectivity index (χ1) is 20.5. The van der Waals surface area contributed by atoms with Crippen molar-refractivity contribution in [2.45, 2.75) is 49.0 Å². The number of alkyl halides is 3. The van der Waals surface area contributed by atoms with Gasteiger partial charge in [-0.3, -0.25) is 14.5 Å². The number of rotatable bonds is 8. The Morgan fingerprint density at radius 2 is 1.72 bits per heavy atom. The van der Waals surface area contributed by atoms with E-state index in [-0.39, 0.29) is 54.7 Å². The third kappa shape index (κ3) is 6.43. The number of halogens is 5. The highest BCUT2D eigenvalue weighted by Crippen LogP contribution is 2.44. The van der Waals surface area contributed by atoms with Gasteiger partial charge in [0.2, 0.25) is 5.91 Å². The summed E-state index contributed by atoms with van der Waals surface area (Å²) in [6, 6.07) is 11.8. The molecule has 2 aromatic carbocycles. The van der Waals surface area contributed by atoms with E-state index >= 15 is 0 Å². The molecule has 0 bridgehead atoms. The van der Waals surface area contributed by atoms with Crippen LogP contribution in [0.5, 0.6) is 0 Å². The van der Waals surface area contributed by atoms with Crippen molar-refractivity contribution in [1.82, 2.24) is 9.96 Å². The van der Waals surface area contributed by atoms with Gasteiger partial charge in [0.15, 0.2) is 5.50 Å². The molecule has 0 radical (unpaired) electrons. The Kier molecular flexibility index (Phi) is 8.86. The second kappa shape index (κ2) is 12.4. The number of thioether (sulfide) groups is 1. The number of anilines is 2. The van der Waals surface area contributed by atoms with Crippen molar-refractivity contribution < 1.29 is 41.2 Å². The van der Waals surface area contributed by atoms with Crippen LogP contribution in [0.3, 0.4) is 0 Å². The predicted octanol–water partition coefficient (Wildman–Crippen LogP) is 5.22. The van der Waals surface area contributed by atoms with E-state index in [9.17, 15) is 36.3 Å². The van der Waals surface area contributed by atoms with E-state index in [0.717, 1.165) is 36.5 Å². The number of hydrogen-bond donors (Lipinski definition) is 0. The van der Waals surface area contributed by atoms with Gasteiger partial charge in [-0.2, -0.15) is 18.2 Å². The molecule has 3 aliphatic rings. The predicted molar refractivity (Wildman–Crippen MR) is 149 cm³/mol. The minimum atomic E-state index is -5.27. The second-order valence-corrected chi connectivity index (χ2v) is 11.8. The minimum Gasteiger partial charge on any atom is -0.369 e. The van der Waals surface area contributed by atoms with Gasteiger partial charge in [0.05, 0.1) is 17.8 Å². The number of hydroxylamine groups is 2. The Labute approximate surface area is 249 Å². The molecule has 0 N–H and O–H groups in total. The SMILES string of the molecule is CN(CCC(=O)N1CCC2=C(C1)C(=O)N(c1ccccc1)C(SC1CCC1)N2OC(=O)C(F)(F)F)c1c(F)cccc1F. The lowest BCUT2D eigenvalue weighted by Crippen LogP contribution is -2.59. The van der Waals surface area contributed by atoms with E-state index in [4.69, 9.17) is 4.84 Å². The van der Waals surface area contributed by atoms with E-state index in [1.807, 2.05) is 0 Å². The van der Waals surface area contributed by atoms with Gasteiger partial charge in [0, 0.05) is 43.9 Å². The van der Waals surface area contributed by atoms with Gasteiger partial charge in [0.25, 0.3) is 5.91 Å². The highest BCUT2D eigenvalue weighted by atomic mass is 32.2. The third-order valence-electron chi connectivity index (χ3n) is 7.63. The lowest BCUT2D eigenvalue weighted by Gasteiger charge is -2.48. The fourth-order valence-electron chi connectivity index (χ4n) is 5.14. The van der Waals surface area contributed by atoms with Gasteiger partial charge in [-0.15, -0.1) is 11.8 Å². The maximum atomic E-state index is 14.2. The van der Waals surface area contributed by atoms with Crippen molar-refractivity contribution in [2.24, 2.45) is 0 Å². The number of carbonyl (C=O) groups excluding carboxylic acids is 3. The van der Waals surface area contributed by atoms with E-state index in [2.05, 4.69) is 0 Å². The van der Waals surface area contributed by atoms with Gasteiger partial charge >= 0.3 is 12.1 Å². The molecule has 1 saturated carbocycles. The van der Waals surface area contributed by atoms with Gasteiger partial charge in [-0.05, 0) is 37.1 Å². The Bertz CT molecular complexity index is 1400. The van der Waals surface area contributed by atoms with Crippen LogP contribution in [0, 0.1) is 11.6 Å². The van der Waals surface area contributed by atoms with Gasteiger partial charge in [-0.1, -0.05) is 30.7 Å². The topological polar surface area (TPSA) is 73.4 Å². The lowest BCUT2D eigenvalue weighted by molar-refractivity contribution is -0.235. The van der Waals surface area contributed by atoms with E-state index in [1.165, 1.54) is 39.6 Å². The summed E-state index contributed by atoms with van der Waals surface area (Å²) in [4.78, 5) is 48.2. The van der Waals surface area contributed by atoms with Crippen molar-refractivity contribution in [1.29, 1.82) is 0 Å². The molecule has 2 heterocycles. The van der Waals surface area contributed by atoms with E-state index < -0.39 is 41.1 Å². The first-order valence-electron chi connectivity index (χ1n) is 13.7. The second-order valence-electron chi connectivity index (χ2n) is 10.5. The Balaban J connectivity index is 1.42. The number of carbonyl (C=O) groups is 3. The quantitative estimate of drug-likeness (QED) is 0.373. The first kappa shape index (κ1) is 30.6. The van der Waals surface area contributed by atoms with Gasteiger partial charge < -0.3 is 14.6 Å². The molecule has 1 aliphatic carbocycles. The fourth-order valence-corrected chi connectivity index (χ4v) is 6.71. The molecule has 5 rings (SSSR count). The summed E-state index contributed by atoms with van der Waals surface area (Å²) in [5, 5.41) is 0.940. The normalized spacial score (nSPS) is 19.3. The third-order valence-corrected chi connectivity index (χ3v) is 9.13. The first-order valence-corrected chi connectivity index (χ1v) is 14.7. The maximum absolute atomic E-state index is 14.2. The van der Waals surface area contributed by atoms with Crippen molar-refractivity contribution >= 4 is 40.9 Å². The van der Waals surface area contributed by atoms with Crippen molar-refractivity contribution in [2.75, 3.05) is 36.5 Å². The van der Waals surface area contributed by atoms with Crippen LogP contribution >= 0.6 is 11.8 Å². The highest BCUT2D eigenvalue weighted by Gasteiger charge is 2.50. The maximum Gasteiger partial charge on any atom is 0.493 e. The summed E-state index contributed by atoms with van der Waals surface area (Å²) in [5.74, 6) is -4.90. The minimum absolute atomic E-state index is 0.0254. The van der Waals surface area contributed by atoms with Crippen LogP contribution in [0.2, 0.25) is 0 Å². The van der Waals surface area contributed by atoms with Crippen molar-refractivity contribution in [3.8, 4) is 0 Å². The van der Waals surface area contributed by atoms with Crippen molar-refractivity contribution in [3.05, 3.63) is 71.4 Å². The molecule has 1 unspecified atom stereocenters. The molecule has 230 valence electrons. The van der Waals surface area contributed by atoms with Gasteiger partial charge in [-0.25, -0.2) is 13.6 Å². The molecule has 2 aromatic rings. The Morgan fingerprint density at radius 1 is 1.05 bits per heavy atom. The lowest BCUT2D eigenvalue weighted by atomic mass is 10.00. The molecule has 1 fully saturated rings. The highest BCUT2D eigenvalue weighted by molar-refractivity contribution is 8.00. The standard InChI is InChI=1S/C29H29F5N4O4S/c1-35(25-21(30)11-6-12-22(25)31)15-14-24(39)36-16-13-23-20(17-36)26(40)37(18-7-3-2-4-8-18)28(43-19-9-5-10-19)38(23)42-27(41)29(32,33)34/h2-4,6-8,11-12,19,28H,5,9-10,13-17H2,1H3. The molecule has 2 aliphatic heterocycles. The number of nitrogens with zero attached hydrogens (tertiary/aromatic N) is 4. The summed E-state index contributed by atoms with van der Waals surface area (Å²) < 4.78 is 68.5. The van der Waals surface area contributed by atoms with Gasteiger partial charge in [0.1, 0.15) is 17.3 Å². The smallest absolute Gasteiger partial charge is 0.369 e. The molecule has 0 spiro atoms. The summed E-state index contributed by atoms with van der Waals surface area (Å²) in [7, 11) is 1.45. The molecular formula is C29H29F5N4O4S. The zero-order valence-corrected chi connectivity index (χ0v) is 24.0. The zero-order chi connectivity index (χ0) is 30.9. The number of para-hydroxylation sites is 2. The molecule has 43 heavy (non-hydrogen) atoms. The van der Waals surface area contributed by atoms with E-state index in [1.54, 1.807) is 30.3 Å². The Morgan fingerprint density at radius 3 is 2.33 bits per heavy atom. The Hall–Kier alpha value is -3.81. The molecule has 0 saturated heterocycles. The summed E-state index contributed by atoms with van der Waals surface area (Å²) >= 11 is 1.25. The molecular weight excluding hydrogens is 595 g/mol. The molecule has 2 amide bonds. The van der Waals surface area contributed by atoms with Crippen LogP contribution in [0.15, 0.2) is 59.8 Å². The monoisotopic (exact) mass is 624 g/mol. The van der Waals surface area contributed by atoms with Crippen LogP contribution in [0.4, 0.5) is 33.3 Å². The summed E-state index contributed by atoms with van der Waals surface area (Å²) in [6.07, 6.45) is -2.91. The average Bonchev–Trinajstić information content (AvgIpc) is 2.95. The summed E-state index contributed by atoms with van der Waals surface area (Å²) in [6.45, 7) is -0.234. The van der Waals surface area contributed by atoms with E-state index in [0.29, 0.717) is 5.69 Å². The van der Waals surface area contributed by atoms with Crippen molar-refractivity contribution in [3.63, 3.8) is 0 Å². The number of benzene rings is 2. The molecule has 8 nitrogen and oxygen atoms in total. The molecule has 1 atom stereocenters. The number of hydrogen-bond acceptors (Lipinski definition) is 7. The fraction of sp³-hybridized carbons (Fsp3) is 0.414. The molecule has 0 aromatic heterocycles. The largest absolute Gasteiger partial charge is 0.493 e. The number of amides is 2. The average molecular weight is 625 g/mol. The van der Waals surface area contributed by atoms with Crippen LogP contribution in [-0.4, -0.2) is 71.4 Å².